The Labute approximate surface area is 149 Å². The maximum atomic E-state index is 12.8. The van der Waals surface area contributed by atoms with Crippen molar-refractivity contribution in [3.63, 3.8) is 0 Å². The van der Waals surface area contributed by atoms with E-state index in [1.54, 1.807) is 54.6 Å². The molecule has 126 valence electrons. The Bertz CT molecular complexity index is 904. The summed E-state index contributed by atoms with van der Waals surface area (Å²) in [4.78, 5) is 37.0. The summed E-state index contributed by atoms with van der Waals surface area (Å²) in [5.41, 5.74) is 1.89. The molecule has 25 heavy (non-hydrogen) atoms. The van der Waals surface area contributed by atoms with E-state index < -0.39 is 24.2 Å². The molecule has 0 saturated carbocycles. The highest BCUT2D eigenvalue weighted by atomic mass is 35.5. The minimum Gasteiger partial charge on any atom is -0.550 e. The van der Waals surface area contributed by atoms with E-state index in [2.05, 4.69) is 0 Å². The second-order valence-corrected chi connectivity index (χ2v) is 5.98. The molecule has 0 unspecified atom stereocenters. The number of carbonyl (C=O) groups excluding carboxylic acids is 3. The fourth-order valence-corrected chi connectivity index (χ4v) is 2.91. The molecule has 2 aromatic rings. The van der Waals surface area contributed by atoms with E-state index >= 15 is 0 Å². The molecule has 0 saturated heterocycles. The van der Waals surface area contributed by atoms with Gasteiger partial charge in [-0.1, -0.05) is 41.9 Å². The maximum Gasteiger partial charge on any atom is 0.261 e. The van der Waals surface area contributed by atoms with Crippen LogP contribution in [0.1, 0.15) is 27.9 Å². The molecule has 6 heteroatoms. The highest BCUT2D eigenvalue weighted by Crippen LogP contribution is 2.30. The molecule has 2 amide bonds. The smallest absolute Gasteiger partial charge is 0.261 e. The van der Waals surface area contributed by atoms with Crippen LogP contribution in [0.3, 0.4) is 0 Å². The van der Waals surface area contributed by atoms with Crippen LogP contribution in [0.2, 0.25) is 5.02 Å². The van der Waals surface area contributed by atoms with Crippen LogP contribution < -0.4 is 5.11 Å². The Morgan fingerprint density at radius 1 is 1.04 bits per heavy atom. The number of halogens is 1. The second kappa shape index (κ2) is 6.91. The van der Waals surface area contributed by atoms with Crippen LogP contribution >= 0.6 is 11.6 Å². The summed E-state index contributed by atoms with van der Waals surface area (Å²) < 4.78 is 0. The van der Waals surface area contributed by atoms with Gasteiger partial charge in [0, 0.05) is 35.1 Å². The van der Waals surface area contributed by atoms with E-state index in [1.165, 1.54) is 0 Å². The first-order valence-electron chi connectivity index (χ1n) is 7.60. The van der Waals surface area contributed by atoms with Crippen molar-refractivity contribution in [3.8, 4) is 0 Å². The fourth-order valence-electron chi connectivity index (χ4n) is 2.71. The van der Waals surface area contributed by atoms with Gasteiger partial charge in [0.25, 0.3) is 11.8 Å². The molecular weight excluding hydrogens is 342 g/mol. The van der Waals surface area contributed by atoms with Gasteiger partial charge in [-0.25, -0.2) is 0 Å². The van der Waals surface area contributed by atoms with Crippen LogP contribution in [0.25, 0.3) is 11.6 Å². The molecule has 3 rings (SSSR count). The van der Waals surface area contributed by atoms with Crippen molar-refractivity contribution in [2.24, 2.45) is 0 Å². The summed E-state index contributed by atoms with van der Waals surface area (Å²) in [6, 6.07) is 13.7. The average molecular weight is 355 g/mol. The molecule has 0 radical (unpaired) electrons. The normalized spacial score (nSPS) is 15.4. The lowest BCUT2D eigenvalue weighted by molar-refractivity contribution is -0.305. The second-order valence-electron chi connectivity index (χ2n) is 5.54. The van der Waals surface area contributed by atoms with Crippen molar-refractivity contribution in [1.82, 2.24) is 4.90 Å². The van der Waals surface area contributed by atoms with E-state index in [0.29, 0.717) is 27.3 Å². The van der Waals surface area contributed by atoms with E-state index in [4.69, 9.17) is 11.6 Å². The van der Waals surface area contributed by atoms with Crippen LogP contribution in [0.4, 0.5) is 0 Å². The van der Waals surface area contributed by atoms with Gasteiger partial charge in [0.2, 0.25) is 0 Å². The van der Waals surface area contributed by atoms with Crippen LogP contribution in [0, 0.1) is 0 Å². The molecule has 0 N–H and O–H groups in total. The number of imide groups is 1. The van der Waals surface area contributed by atoms with Gasteiger partial charge in [-0.05, 0) is 35.4 Å². The highest BCUT2D eigenvalue weighted by Gasteiger charge is 2.34. The SMILES string of the molecule is O=C([O-])CCN1C(=O)/C(=C\c2cccc(Cl)c2)c2ccccc2C1=O. The Balaban J connectivity index is 2.09. The first-order valence-corrected chi connectivity index (χ1v) is 7.98. The minimum atomic E-state index is -1.32. The van der Waals surface area contributed by atoms with Gasteiger partial charge in [0.05, 0.1) is 0 Å². The first kappa shape index (κ1) is 16.9. The summed E-state index contributed by atoms with van der Waals surface area (Å²) in [7, 11) is 0. The molecule has 0 bridgehead atoms. The number of nitrogens with zero attached hydrogens (tertiary/aromatic N) is 1. The Hall–Kier alpha value is -2.92. The molecule has 0 fully saturated rings. The van der Waals surface area contributed by atoms with E-state index in [-0.39, 0.29) is 6.54 Å². The Morgan fingerprint density at radius 2 is 1.76 bits per heavy atom. The number of aliphatic carboxylic acids is 1. The van der Waals surface area contributed by atoms with Gasteiger partial charge in [-0.3, -0.25) is 14.5 Å². The highest BCUT2D eigenvalue weighted by molar-refractivity contribution is 6.34. The summed E-state index contributed by atoms with van der Waals surface area (Å²) in [6.07, 6.45) is 1.23. The standard InChI is InChI=1S/C19H14ClNO4/c20-13-5-3-4-12(10-13)11-16-14-6-1-2-7-15(14)18(24)21(19(16)25)9-8-17(22)23/h1-7,10-11H,8-9H2,(H,22,23)/p-1/b16-11-. The Kier molecular flexibility index (Phi) is 4.67. The number of rotatable bonds is 4. The monoisotopic (exact) mass is 354 g/mol. The molecule has 0 spiro atoms. The van der Waals surface area contributed by atoms with Crippen molar-refractivity contribution in [2.75, 3.05) is 6.54 Å². The summed E-state index contributed by atoms with van der Waals surface area (Å²) in [6.45, 7) is -0.235. The quantitative estimate of drug-likeness (QED) is 0.621. The molecular formula is C19H13ClNO4-. The predicted octanol–water partition coefficient (Wildman–Crippen LogP) is 2.00. The first-order chi connectivity index (χ1) is 12.0. The van der Waals surface area contributed by atoms with Gasteiger partial charge in [0.1, 0.15) is 0 Å². The lowest BCUT2D eigenvalue weighted by Crippen LogP contribution is -2.43. The van der Waals surface area contributed by atoms with Gasteiger partial charge < -0.3 is 9.90 Å². The topological polar surface area (TPSA) is 77.5 Å². The van der Waals surface area contributed by atoms with E-state index in [9.17, 15) is 19.5 Å². The molecule has 1 aliphatic rings. The van der Waals surface area contributed by atoms with Crippen molar-refractivity contribution < 1.29 is 19.5 Å². The van der Waals surface area contributed by atoms with Gasteiger partial charge in [-0.2, -0.15) is 0 Å². The molecule has 1 heterocycles. The number of hydrogen-bond donors (Lipinski definition) is 0. The zero-order chi connectivity index (χ0) is 18.0. The lowest BCUT2D eigenvalue weighted by Gasteiger charge is -2.28. The van der Waals surface area contributed by atoms with Gasteiger partial charge in [-0.15, -0.1) is 0 Å². The molecule has 0 aromatic heterocycles. The maximum absolute atomic E-state index is 12.8. The van der Waals surface area contributed by atoms with E-state index in [1.807, 2.05) is 0 Å². The van der Waals surface area contributed by atoms with Gasteiger partial charge >= 0.3 is 0 Å². The third kappa shape index (κ3) is 3.46. The number of carboxylic acid groups (broad SMARTS) is 1. The lowest BCUT2D eigenvalue weighted by atomic mass is 9.92. The predicted molar refractivity (Wildman–Crippen MR) is 91.4 cm³/mol. The average Bonchev–Trinajstić information content (AvgIpc) is 2.58. The zero-order valence-corrected chi connectivity index (χ0v) is 13.8. The molecule has 1 aliphatic heterocycles. The summed E-state index contributed by atoms with van der Waals surface area (Å²) >= 11 is 5.98. The fraction of sp³-hybridized carbons (Fsp3) is 0.105. The Morgan fingerprint density at radius 3 is 2.44 bits per heavy atom. The number of fused-ring (bicyclic) bond motifs is 1. The van der Waals surface area contributed by atoms with Crippen molar-refractivity contribution >= 4 is 41.0 Å². The molecule has 5 nitrogen and oxygen atoms in total. The zero-order valence-electron chi connectivity index (χ0n) is 13.1. The van der Waals surface area contributed by atoms with Crippen LogP contribution in [-0.2, 0) is 9.59 Å². The third-order valence-electron chi connectivity index (χ3n) is 3.87. The van der Waals surface area contributed by atoms with Crippen LogP contribution in [-0.4, -0.2) is 29.2 Å². The number of carboxylic acids is 1. The number of benzene rings is 2. The van der Waals surface area contributed by atoms with E-state index in [0.717, 1.165) is 4.90 Å². The molecule has 0 aliphatic carbocycles. The van der Waals surface area contributed by atoms with Crippen molar-refractivity contribution in [3.05, 3.63) is 70.2 Å². The summed E-state index contributed by atoms with van der Waals surface area (Å²) in [5.74, 6) is -2.37. The number of hydrogen-bond acceptors (Lipinski definition) is 4. The summed E-state index contributed by atoms with van der Waals surface area (Å²) in [5, 5.41) is 11.2. The largest absolute Gasteiger partial charge is 0.550 e. The minimum absolute atomic E-state index is 0.235. The van der Waals surface area contributed by atoms with Gasteiger partial charge in [0.15, 0.2) is 0 Å². The molecule has 0 atom stereocenters. The number of amides is 2. The third-order valence-corrected chi connectivity index (χ3v) is 4.10. The van der Waals surface area contributed by atoms with Crippen molar-refractivity contribution in [1.29, 1.82) is 0 Å². The van der Waals surface area contributed by atoms with Crippen LogP contribution in [0.5, 0.6) is 0 Å². The molecule has 2 aromatic carbocycles. The van der Waals surface area contributed by atoms with Crippen LogP contribution in [0.15, 0.2) is 48.5 Å². The number of carbonyl (C=O) groups is 3. The van der Waals surface area contributed by atoms with Crippen molar-refractivity contribution in [2.45, 2.75) is 6.42 Å².